The third-order valence-corrected chi connectivity index (χ3v) is 4.31. The van der Waals surface area contributed by atoms with Crippen LogP contribution in [0.4, 0.5) is 0 Å². The average molecular weight is 250 g/mol. The van der Waals surface area contributed by atoms with Gasteiger partial charge in [-0.15, -0.1) is 0 Å². The maximum absolute atomic E-state index is 12.2. The highest BCUT2D eigenvalue weighted by molar-refractivity contribution is 5.79. The van der Waals surface area contributed by atoms with E-state index in [9.17, 15) is 4.79 Å². The molecule has 1 fully saturated rings. The van der Waals surface area contributed by atoms with Crippen LogP contribution in [0.5, 0.6) is 0 Å². The fourth-order valence-electron chi connectivity index (χ4n) is 3.09. The summed E-state index contributed by atoms with van der Waals surface area (Å²) in [6, 6.07) is 0.634. The normalized spacial score (nSPS) is 25.2. The Morgan fingerprint density at radius 3 is 2.61 bits per heavy atom. The van der Waals surface area contributed by atoms with Crippen molar-refractivity contribution in [3.05, 3.63) is 12.2 Å². The third kappa shape index (κ3) is 3.14. The Kier molecular flexibility index (Phi) is 4.44. The van der Waals surface area contributed by atoms with Crippen LogP contribution in [-0.4, -0.2) is 48.4 Å². The van der Waals surface area contributed by atoms with Crippen LogP contribution in [0.1, 0.15) is 33.1 Å². The van der Waals surface area contributed by atoms with E-state index in [1.54, 1.807) is 0 Å². The smallest absolute Gasteiger partial charge is 0.226 e. The lowest BCUT2D eigenvalue weighted by atomic mass is 10.0. The van der Waals surface area contributed by atoms with Gasteiger partial charge in [-0.05, 0) is 45.6 Å². The molecular formula is C15H26N2O. The van der Waals surface area contributed by atoms with Crippen molar-refractivity contribution in [3.8, 4) is 0 Å². The standard InChI is InChI=1S/C15H26N2O/c1-12(2)17-9-8-13(11-17)10-16(3)15(18)14-6-4-5-7-14/h4-5,12-14H,6-11H2,1-3H3/t13-/m0/s1. The lowest BCUT2D eigenvalue weighted by Gasteiger charge is -2.25. The number of hydrogen-bond donors (Lipinski definition) is 0. The summed E-state index contributed by atoms with van der Waals surface area (Å²) < 4.78 is 0. The number of likely N-dealkylation sites (tertiary alicyclic amines) is 1. The summed E-state index contributed by atoms with van der Waals surface area (Å²) in [5, 5.41) is 0. The number of nitrogens with zero attached hydrogens (tertiary/aromatic N) is 2. The number of allylic oxidation sites excluding steroid dienone is 2. The highest BCUT2D eigenvalue weighted by Gasteiger charge is 2.28. The molecule has 1 aliphatic carbocycles. The molecule has 1 saturated heterocycles. The molecule has 1 atom stereocenters. The lowest BCUT2D eigenvalue weighted by molar-refractivity contribution is -0.134. The molecule has 0 saturated carbocycles. The molecule has 1 aliphatic heterocycles. The Morgan fingerprint density at radius 1 is 1.39 bits per heavy atom. The van der Waals surface area contributed by atoms with Gasteiger partial charge >= 0.3 is 0 Å². The van der Waals surface area contributed by atoms with Crippen LogP contribution in [0.25, 0.3) is 0 Å². The molecule has 0 aromatic heterocycles. The molecule has 0 bridgehead atoms. The monoisotopic (exact) mass is 250 g/mol. The minimum atomic E-state index is 0.220. The summed E-state index contributed by atoms with van der Waals surface area (Å²) >= 11 is 0. The molecule has 1 heterocycles. The van der Waals surface area contributed by atoms with Crippen molar-refractivity contribution in [3.63, 3.8) is 0 Å². The first kappa shape index (κ1) is 13.6. The molecule has 3 heteroatoms. The van der Waals surface area contributed by atoms with Crippen LogP contribution >= 0.6 is 0 Å². The van der Waals surface area contributed by atoms with Gasteiger partial charge in [0.05, 0.1) is 0 Å². The van der Waals surface area contributed by atoms with E-state index in [0.29, 0.717) is 17.9 Å². The van der Waals surface area contributed by atoms with E-state index in [1.165, 1.54) is 13.0 Å². The van der Waals surface area contributed by atoms with Crippen molar-refractivity contribution in [2.75, 3.05) is 26.7 Å². The van der Waals surface area contributed by atoms with Crippen LogP contribution in [0, 0.1) is 11.8 Å². The Morgan fingerprint density at radius 2 is 2.06 bits per heavy atom. The minimum Gasteiger partial charge on any atom is -0.345 e. The van der Waals surface area contributed by atoms with E-state index in [1.807, 2.05) is 11.9 Å². The summed E-state index contributed by atoms with van der Waals surface area (Å²) in [6.45, 7) is 7.77. The number of hydrogen-bond acceptors (Lipinski definition) is 2. The van der Waals surface area contributed by atoms with E-state index < -0.39 is 0 Å². The fraction of sp³-hybridized carbons (Fsp3) is 0.800. The van der Waals surface area contributed by atoms with Crippen molar-refractivity contribution < 1.29 is 4.79 Å². The molecule has 2 rings (SSSR count). The van der Waals surface area contributed by atoms with E-state index in [0.717, 1.165) is 25.9 Å². The molecule has 0 spiro atoms. The fourth-order valence-corrected chi connectivity index (χ4v) is 3.09. The summed E-state index contributed by atoms with van der Waals surface area (Å²) in [5.41, 5.74) is 0. The Bertz CT molecular complexity index is 316. The van der Waals surface area contributed by atoms with Gasteiger partial charge in [-0.2, -0.15) is 0 Å². The summed E-state index contributed by atoms with van der Waals surface area (Å²) in [5.74, 6) is 1.22. The van der Waals surface area contributed by atoms with E-state index in [2.05, 4.69) is 30.9 Å². The summed E-state index contributed by atoms with van der Waals surface area (Å²) in [4.78, 5) is 16.7. The molecule has 1 amide bonds. The quantitative estimate of drug-likeness (QED) is 0.714. The number of carbonyl (C=O) groups excluding carboxylic acids is 1. The number of amides is 1. The Balaban J connectivity index is 1.77. The molecule has 0 aromatic rings. The number of rotatable bonds is 4. The molecule has 0 aromatic carbocycles. The van der Waals surface area contributed by atoms with E-state index in [-0.39, 0.29) is 5.92 Å². The highest BCUT2D eigenvalue weighted by atomic mass is 16.2. The lowest BCUT2D eigenvalue weighted by Crippen LogP contribution is -2.37. The zero-order valence-electron chi connectivity index (χ0n) is 11.9. The predicted octanol–water partition coefficient (Wildman–Crippen LogP) is 2.14. The SMILES string of the molecule is CC(C)N1CC[C@@H](CN(C)C(=O)C2CC=CC2)C1. The Labute approximate surface area is 111 Å². The second-order valence-electron chi connectivity index (χ2n) is 6.10. The van der Waals surface area contributed by atoms with Crippen molar-refractivity contribution in [2.24, 2.45) is 11.8 Å². The van der Waals surface area contributed by atoms with Crippen LogP contribution in [0.3, 0.4) is 0 Å². The van der Waals surface area contributed by atoms with Crippen LogP contribution in [0.2, 0.25) is 0 Å². The van der Waals surface area contributed by atoms with Gasteiger partial charge in [0.25, 0.3) is 0 Å². The van der Waals surface area contributed by atoms with Crippen LogP contribution in [-0.2, 0) is 4.79 Å². The first-order chi connectivity index (χ1) is 8.58. The topological polar surface area (TPSA) is 23.6 Å². The summed E-state index contributed by atoms with van der Waals surface area (Å²) in [7, 11) is 1.97. The second-order valence-corrected chi connectivity index (χ2v) is 6.10. The molecule has 18 heavy (non-hydrogen) atoms. The zero-order chi connectivity index (χ0) is 13.1. The highest BCUT2D eigenvalue weighted by Crippen LogP contribution is 2.23. The number of carbonyl (C=O) groups is 1. The first-order valence-electron chi connectivity index (χ1n) is 7.22. The van der Waals surface area contributed by atoms with Gasteiger partial charge in [-0.1, -0.05) is 12.2 Å². The molecule has 0 unspecified atom stereocenters. The minimum absolute atomic E-state index is 0.220. The van der Waals surface area contributed by atoms with E-state index in [4.69, 9.17) is 0 Å². The third-order valence-electron chi connectivity index (χ3n) is 4.31. The van der Waals surface area contributed by atoms with Gasteiger partial charge in [0.1, 0.15) is 0 Å². The maximum Gasteiger partial charge on any atom is 0.226 e. The van der Waals surface area contributed by atoms with Gasteiger partial charge in [0.2, 0.25) is 5.91 Å². The van der Waals surface area contributed by atoms with E-state index >= 15 is 0 Å². The van der Waals surface area contributed by atoms with Crippen molar-refractivity contribution >= 4 is 5.91 Å². The van der Waals surface area contributed by atoms with Gasteiger partial charge in [0.15, 0.2) is 0 Å². The van der Waals surface area contributed by atoms with Crippen molar-refractivity contribution in [1.29, 1.82) is 0 Å². The Hall–Kier alpha value is -0.830. The van der Waals surface area contributed by atoms with Gasteiger partial charge in [-0.3, -0.25) is 4.79 Å². The zero-order valence-corrected chi connectivity index (χ0v) is 11.9. The predicted molar refractivity (Wildman–Crippen MR) is 74.3 cm³/mol. The van der Waals surface area contributed by atoms with Crippen molar-refractivity contribution in [1.82, 2.24) is 9.80 Å². The van der Waals surface area contributed by atoms with Crippen LogP contribution in [0.15, 0.2) is 12.2 Å². The summed E-state index contributed by atoms with van der Waals surface area (Å²) in [6.07, 6.45) is 7.37. The molecule has 0 N–H and O–H groups in total. The van der Waals surface area contributed by atoms with Crippen LogP contribution < -0.4 is 0 Å². The van der Waals surface area contributed by atoms with Gasteiger partial charge < -0.3 is 9.80 Å². The molecule has 2 aliphatic rings. The first-order valence-corrected chi connectivity index (χ1v) is 7.22. The van der Waals surface area contributed by atoms with Crippen molar-refractivity contribution in [2.45, 2.75) is 39.2 Å². The molecule has 0 radical (unpaired) electrons. The molecule has 102 valence electrons. The average Bonchev–Trinajstić information content (AvgIpc) is 2.98. The second kappa shape index (κ2) is 5.87. The largest absolute Gasteiger partial charge is 0.345 e. The van der Waals surface area contributed by atoms with Gasteiger partial charge in [0, 0.05) is 32.1 Å². The molecular weight excluding hydrogens is 224 g/mol. The van der Waals surface area contributed by atoms with Gasteiger partial charge in [-0.25, -0.2) is 0 Å². The maximum atomic E-state index is 12.2. The molecule has 3 nitrogen and oxygen atoms in total.